The first-order chi connectivity index (χ1) is 11.0. The standard InChI is InChI=1S/C23H36.CH4/c1-7-20-15-21(8-2)17-23(16-20)22(13-9-11-18(3)4)14-10-12-19(5)6;/h7-8,15-19,22H,1-2,9-14H2,3-6H3;1H4. The van der Waals surface area contributed by atoms with Gasteiger partial charge in [-0.1, -0.05) is 98.2 Å². The molecule has 0 bridgehead atoms. The van der Waals surface area contributed by atoms with E-state index < -0.39 is 0 Å². The Morgan fingerprint density at radius 1 is 0.750 bits per heavy atom. The molecule has 1 aromatic rings. The van der Waals surface area contributed by atoms with Gasteiger partial charge in [0, 0.05) is 0 Å². The molecule has 1 rings (SSSR count). The van der Waals surface area contributed by atoms with E-state index in [-0.39, 0.29) is 7.43 Å². The van der Waals surface area contributed by atoms with Crippen molar-refractivity contribution in [1.29, 1.82) is 0 Å². The van der Waals surface area contributed by atoms with Crippen LogP contribution in [0.1, 0.15) is 96.3 Å². The SMILES string of the molecule is C.C=Cc1cc(C=C)cc(C(CCCC(C)C)CCCC(C)C)c1. The smallest absolute Gasteiger partial charge is 0.0162 e. The second kappa shape index (κ2) is 12.1. The average Bonchev–Trinajstić information content (AvgIpc) is 2.52. The highest BCUT2D eigenvalue weighted by Crippen LogP contribution is 2.31. The van der Waals surface area contributed by atoms with Crippen LogP contribution in [-0.2, 0) is 0 Å². The molecule has 0 saturated carbocycles. The molecular formula is C24H40. The minimum absolute atomic E-state index is 0. The molecule has 0 aromatic heterocycles. The Balaban J connectivity index is 0.00000529. The molecular weight excluding hydrogens is 288 g/mol. The number of hydrogen-bond acceptors (Lipinski definition) is 0. The van der Waals surface area contributed by atoms with Gasteiger partial charge in [0.2, 0.25) is 0 Å². The van der Waals surface area contributed by atoms with Crippen LogP contribution >= 0.6 is 0 Å². The molecule has 0 heteroatoms. The maximum absolute atomic E-state index is 3.94. The lowest BCUT2D eigenvalue weighted by atomic mass is 9.85. The van der Waals surface area contributed by atoms with E-state index in [4.69, 9.17) is 0 Å². The van der Waals surface area contributed by atoms with Gasteiger partial charge in [-0.2, -0.15) is 0 Å². The van der Waals surface area contributed by atoms with Crippen molar-refractivity contribution in [2.75, 3.05) is 0 Å². The Bertz CT molecular complexity index is 439. The van der Waals surface area contributed by atoms with Crippen LogP contribution in [0.25, 0.3) is 12.2 Å². The van der Waals surface area contributed by atoms with Crippen molar-refractivity contribution < 1.29 is 0 Å². The maximum Gasteiger partial charge on any atom is -0.0162 e. The summed E-state index contributed by atoms with van der Waals surface area (Å²) in [4.78, 5) is 0. The van der Waals surface area contributed by atoms with Crippen molar-refractivity contribution in [2.24, 2.45) is 11.8 Å². The molecule has 136 valence electrons. The Labute approximate surface area is 152 Å². The predicted molar refractivity (Wildman–Crippen MR) is 113 cm³/mol. The summed E-state index contributed by atoms with van der Waals surface area (Å²) in [7, 11) is 0. The molecule has 0 unspecified atom stereocenters. The van der Waals surface area contributed by atoms with Crippen molar-refractivity contribution >= 4 is 12.2 Å². The molecule has 0 fully saturated rings. The quantitative estimate of drug-likeness (QED) is 0.383. The molecule has 0 spiro atoms. The number of benzene rings is 1. The van der Waals surface area contributed by atoms with E-state index in [1.165, 1.54) is 55.2 Å². The van der Waals surface area contributed by atoms with Crippen LogP contribution in [0.15, 0.2) is 31.4 Å². The van der Waals surface area contributed by atoms with E-state index >= 15 is 0 Å². The molecule has 0 radical (unpaired) electrons. The monoisotopic (exact) mass is 328 g/mol. The first kappa shape index (κ1) is 22.7. The van der Waals surface area contributed by atoms with E-state index in [0.717, 1.165) is 11.8 Å². The van der Waals surface area contributed by atoms with Gasteiger partial charge in [0.1, 0.15) is 0 Å². The van der Waals surface area contributed by atoms with Crippen LogP contribution in [-0.4, -0.2) is 0 Å². The van der Waals surface area contributed by atoms with Crippen LogP contribution < -0.4 is 0 Å². The van der Waals surface area contributed by atoms with E-state index in [1.54, 1.807) is 0 Å². The summed E-state index contributed by atoms with van der Waals surface area (Å²) in [6, 6.07) is 6.83. The fourth-order valence-electron chi connectivity index (χ4n) is 3.20. The van der Waals surface area contributed by atoms with Crippen LogP contribution in [0.3, 0.4) is 0 Å². The van der Waals surface area contributed by atoms with Gasteiger partial charge in [-0.3, -0.25) is 0 Å². The zero-order valence-electron chi connectivity index (χ0n) is 15.8. The lowest BCUT2D eigenvalue weighted by Crippen LogP contribution is -2.03. The van der Waals surface area contributed by atoms with Crippen molar-refractivity contribution in [3.63, 3.8) is 0 Å². The van der Waals surface area contributed by atoms with E-state index in [1.807, 2.05) is 12.2 Å². The van der Waals surface area contributed by atoms with Crippen LogP contribution in [0.4, 0.5) is 0 Å². The zero-order valence-corrected chi connectivity index (χ0v) is 15.8. The van der Waals surface area contributed by atoms with Crippen LogP contribution in [0.2, 0.25) is 0 Å². The predicted octanol–water partition coefficient (Wildman–Crippen LogP) is 8.34. The fraction of sp³-hybridized carbons (Fsp3) is 0.583. The summed E-state index contributed by atoms with van der Waals surface area (Å²) in [5.41, 5.74) is 3.91. The van der Waals surface area contributed by atoms with Gasteiger partial charge in [-0.25, -0.2) is 0 Å². The minimum Gasteiger partial charge on any atom is -0.0985 e. The summed E-state index contributed by atoms with van der Waals surface area (Å²) in [5.74, 6) is 2.27. The molecule has 0 atom stereocenters. The van der Waals surface area contributed by atoms with Gasteiger partial charge < -0.3 is 0 Å². The summed E-state index contributed by atoms with van der Waals surface area (Å²) in [5, 5.41) is 0. The van der Waals surface area contributed by atoms with Crippen LogP contribution in [0, 0.1) is 11.8 Å². The topological polar surface area (TPSA) is 0 Å². The average molecular weight is 329 g/mol. The normalized spacial score (nSPS) is 11.0. The Kier molecular flexibility index (Phi) is 11.5. The lowest BCUT2D eigenvalue weighted by molar-refractivity contribution is 0.452. The minimum atomic E-state index is 0. The number of rotatable bonds is 11. The van der Waals surface area contributed by atoms with Gasteiger partial charge in [0.15, 0.2) is 0 Å². The third-order valence-corrected chi connectivity index (χ3v) is 4.61. The van der Waals surface area contributed by atoms with Gasteiger partial charge in [-0.15, -0.1) is 0 Å². The second-order valence-corrected chi connectivity index (χ2v) is 7.69. The molecule has 0 nitrogen and oxygen atoms in total. The second-order valence-electron chi connectivity index (χ2n) is 7.69. The van der Waals surface area contributed by atoms with Crippen LogP contribution in [0.5, 0.6) is 0 Å². The Morgan fingerprint density at radius 2 is 1.17 bits per heavy atom. The molecule has 0 amide bonds. The van der Waals surface area contributed by atoms with E-state index in [2.05, 4.69) is 59.1 Å². The summed E-state index contributed by atoms with van der Waals surface area (Å²) >= 11 is 0. The van der Waals surface area contributed by atoms with Crippen molar-refractivity contribution in [3.05, 3.63) is 48.0 Å². The summed E-state index contributed by atoms with van der Waals surface area (Å²) < 4.78 is 0. The van der Waals surface area contributed by atoms with Crippen molar-refractivity contribution in [3.8, 4) is 0 Å². The third-order valence-electron chi connectivity index (χ3n) is 4.61. The zero-order chi connectivity index (χ0) is 17.2. The van der Waals surface area contributed by atoms with E-state index in [0.29, 0.717) is 5.92 Å². The summed E-state index contributed by atoms with van der Waals surface area (Å²) in [6.07, 6.45) is 11.8. The lowest BCUT2D eigenvalue weighted by Gasteiger charge is -2.20. The number of hydrogen-bond donors (Lipinski definition) is 0. The highest BCUT2D eigenvalue weighted by atomic mass is 14.2. The molecule has 0 aliphatic heterocycles. The summed E-state index contributed by atoms with van der Waals surface area (Å²) in [6.45, 7) is 17.2. The Morgan fingerprint density at radius 3 is 1.50 bits per heavy atom. The van der Waals surface area contributed by atoms with Crippen molar-refractivity contribution in [2.45, 2.75) is 79.6 Å². The highest BCUT2D eigenvalue weighted by molar-refractivity contribution is 5.58. The largest absolute Gasteiger partial charge is 0.0985 e. The van der Waals surface area contributed by atoms with Gasteiger partial charge in [-0.05, 0) is 53.4 Å². The fourth-order valence-corrected chi connectivity index (χ4v) is 3.20. The molecule has 0 heterocycles. The molecule has 0 aliphatic carbocycles. The molecule has 0 N–H and O–H groups in total. The van der Waals surface area contributed by atoms with Gasteiger partial charge in [0.25, 0.3) is 0 Å². The van der Waals surface area contributed by atoms with E-state index in [9.17, 15) is 0 Å². The van der Waals surface area contributed by atoms with Gasteiger partial charge in [0.05, 0.1) is 0 Å². The molecule has 24 heavy (non-hydrogen) atoms. The highest BCUT2D eigenvalue weighted by Gasteiger charge is 2.13. The molecule has 0 aliphatic rings. The maximum atomic E-state index is 3.94. The molecule has 1 aromatic carbocycles. The first-order valence-electron chi connectivity index (χ1n) is 9.36. The third kappa shape index (κ3) is 8.52. The Hall–Kier alpha value is -1.30. The first-order valence-corrected chi connectivity index (χ1v) is 9.36. The van der Waals surface area contributed by atoms with Gasteiger partial charge >= 0.3 is 0 Å². The van der Waals surface area contributed by atoms with Crippen molar-refractivity contribution in [1.82, 2.24) is 0 Å². The molecule has 0 saturated heterocycles.